The highest BCUT2D eigenvalue weighted by Gasteiger charge is 2.35. The molecule has 16 heavy (non-hydrogen) atoms. The van der Waals surface area contributed by atoms with Crippen LogP contribution in [0.2, 0.25) is 0 Å². The molecule has 94 valence electrons. The van der Waals surface area contributed by atoms with Gasteiger partial charge in [-0.3, -0.25) is 4.79 Å². The van der Waals surface area contributed by atoms with Gasteiger partial charge in [-0.05, 0) is 13.3 Å². The summed E-state index contributed by atoms with van der Waals surface area (Å²) < 4.78 is 35.5. The van der Waals surface area contributed by atoms with Crippen molar-refractivity contribution in [3.05, 3.63) is 0 Å². The van der Waals surface area contributed by atoms with Crippen molar-refractivity contribution in [2.45, 2.75) is 32.9 Å². The maximum atomic E-state index is 11.8. The lowest BCUT2D eigenvalue weighted by atomic mass is 9.86. The molecule has 0 aliphatic carbocycles. The van der Waals surface area contributed by atoms with Crippen molar-refractivity contribution in [3.8, 4) is 0 Å². The molecule has 0 heterocycles. The average molecular weight is 256 g/mol. The van der Waals surface area contributed by atoms with Crippen LogP contribution in [0.1, 0.15) is 26.7 Å². The van der Waals surface area contributed by atoms with E-state index < -0.39 is 30.5 Å². The highest BCUT2D eigenvalue weighted by atomic mass is 32.1. The molecule has 1 unspecified atom stereocenters. The number of amides is 1. The molecule has 3 nitrogen and oxygen atoms in total. The summed E-state index contributed by atoms with van der Waals surface area (Å²) in [5.41, 5.74) is 4.31. The molecule has 0 aliphatic rings. The van der Waals surface area contributed by atoms with Gasteiger partial charge in [0.25, 0.3) is 0 Å². The van der Waals surface area contributed by atoms with E-state index in [0.717, 1.165) is 0 Å². The quantitative estimate of drug-likeness (QED) is 0.737. The van der Waals surface area contributed by atoms with E-state index in [2.05, 4.69) is 5.32 Å². The third kappa shape index (κ3) is 4.34. The van der Waals surface area contributed by atoms with Crippen LogP contribution in [0.25, 0.3) is 0 Å². The second-order valence-electron chi connectivity index (χ2n) is 3.67. The maximum Gasteiger partial charge on any atom is 0.390 e. The minimum atomic E-state index is -4.28. The lowest BCUT2D eigenvalue weighted by molar-refractivity contribution is -0.137. The zero-order chi connectivity index (χ0) is 13.0. The predicted molar refractivity (Wildman–Crippen MR) is 58.9 cm³/mol. The molecule has 1 atom stereocenters. The molecule has 0 saturated heterocycles. The summed E-state index contributed by atoms with van der Waals surface area (Å²) in [6.45, 7) is 2.75. The second kappa shape index (κ2) is 5.47. The first-order chi connectivity index (χ1) is 7.13. The SMILES string of the molecule is CCC(C)(C(=O)NCCC(F)(F)F)C(N)=S. The van der Waals surface area contributed by atoms with Crippen LogP contribution >= 0.6 is 12.2 Å². The highest BCUT2D eigenvalue weighted by Crippen LogP contribution is 2.22. The van der Waals surface area contributed by atoms with E-state index >= 15 is 0 Å². The van der Waals surface area contributed by atoms with Gasteiger partial charge in [0.15, 0.2) is 0 Å². The van der Waals surface area contributed by atoms with Crippen LogP contribution in [0.5, 0.6) is 0 Å². The lowest BCUT2D eigenvalue weighted by Gasteiger charge is -2.25. The monoisotopic (exact) mass is 256 g/mol. The van der Waals surface area contributed by atoms with Gasteiger partial charge < -0.3 is 11.1 Å². The molecular formula is C9H15F3N2OS. The van der Waals surface area contributed by atoms with Crippen LogP contribution in [-0.2, 0) is 4.79 Å². The highest BCUT2D eigenvalue weighted by molar-refractivity contribution is 7.80. The van der Waals surface area contributed by atoms with E-state index in [1.54, 1.807) is 6.92 Å². The molecule has 0 aromatic rings. The van der Waals surface area contributed by atoms with E-state index in [4.69, 9.17) is 18.0 Å². The van der Waals surface area contributed by atoms with Gasteiger partial charge >= 0.3 is 6.18 Å². The van der Waals surface area contributed by atoms with Crippen LogP contribution in [0.3, 0.4) is 0 Å². The van der Waals surface area contributed by atoms with Crippen LogP contribution in [-0.4, -0.2) is 23.6 Å². The van der Waals surface area contributed by atoms with Gasteiger partial charge in [0.1, 0.15) is 0 Å². The summed E-state index contributed by atoms with van der Waals surface area (Å²) in [5.74, 6) is -0.563. The van der Waals surface area contributed by atoms with Crippen molar-refractivity contribution >= 4 is 23.1 Å². The van der Waals surface area contributed by atoms with Gasteiger partial charge in [0.2, 0.25) is 5.91 Å². The van der Waals surface area contributed by atoms with E-state index in [-0.39, 0.29) is 4.99 Å². The fourth-order valence-corrected chi connectivity index (χ4v) is 1.20. The summed E-state index contributed by atoms with van der Waals surface area (Å²) in [6.07, 6.45) is -4.99. The molecule has 0 aromatic carbocycles. The lowest BCUT2D eigenvalue weighted by Crippen LogP contribution is -2.47. The summed E-state index contributed by atoms with van der Waals surface area (Å²) in [4.78, 5) is 11.6. The van der Waals surface area contributed by atoms with Crippen molar-refractivity contribution in [3.63, 3.8) is 0 Å². The van der Waals surface area contributed by atoms with Gasteiger partial charge in [0.05, 0.1) is 16.8 Å². The molecule has 0 aliphatic heterocycles. The van der Waals surface area contributed by atoms with E-state index in [0.29, 0.717) is 6.42 Å². The molecule has 0 spiro atoms. The zero-order valence-corrected chi connectivity index (χ0v) is 9.97. The Hall–Kier alpha value is -0.850. The Morgan fingerprint density at radius 1 is 1.44 bits per heavy atom. The Labute approximate surface area is 97.6 Å². The Bertz CT molecular complexity index is 280. The van der Waals surface area contributed by atoms with Crippen LogP contribution in [0, 0.1) is 5.41 Å². The van der Waals surface area contributed by atoms with Gasteiger partial charge in [0, 0.05) is 6.54 Å². The summed E-state index contributed by atoms with van der Waals surface area (Å²) in [7, 11) is 0. The van der Waals surface area contributed by atoms with E-state index in [1.807, 2.05) is 0 Å². The number of carbonyl (C=O) groups is 1. The molecule has 3 N–H and O–H groups in total. The maximum absolute atomic E-state index is 11.8. The van der Waals surface area contributed by atoms with E-state index in [1.165, 1.54) is 6.92 Å². The number of carbonyl (C=O) groups excluding carboxylic acids is 1. The largest absolute Gasteiger partial charge is 0.392 e. The molecule has 0 fully saturated rings. The second-order valence-corrected chi connectivity index (χ2v) is 4.11. The molecule has 0 rings (SSSR count). The molecule has 0 saturated carbocycles. The van der Waals surface area contributed by atoms with Gasteiger partial charge in [-0.2, -0.15) is 13.2 Å². The van der Waals surface area contributed by atoms with Crippen molar-refractivity contribution in [2.75, 3.05) is 6.54 Å². The zero-order valence-electron chi connectivity index (χ0n) is 9.15. The van der Waals surface area contributed by atoms with Crippen molar-refractivity contribution in [1.29, 1.82) is 0 Å². The third-order valence-corrected chi connectivity index (χ3v) is 2.90. The minimum Gasteiger partial charge on any atom is -0.392 e. The Morgan fingerprint density at radius 2 is 1.94 bits per heavy atom. The number of nitrogens with one attached hydrogen (secondary N) is 1. The first kappa shape index (κ1) is 15.2. The third-order valence-electron chi connectivity index (χ3n) is 2.45. The number of rotatable bonds is 5. The topological polar surface area (TPSA) is 55.1 Å². The normalized spacial score (nSPS) is 15.3. The standard InChI is InChI=1S/C9H15F3N2OS/c1-3-8(2,6(13)16)7(15)14-5-4-9(10,11)12/h3-5H2,1-2H3,(H2,13,16)(H,14,15). The average Bonchev–Trinajstić information content (AvgIpc) is 2.13. The Morgan fingerprint density at radius 3 is 2.25 bits per heavy atom. The summed E-state index contributed by atoms with van der Waals surface area (Å²) >= 11 is 4.72. The Kier molecular flexibility index (Phi) is 5.18. The smallest absolute Gasteiger partial charge is 0.390 e. The fraction of sp³-hybridized carbons (Fsp3) is 0.778. The molecule has 0 bridgehead atoms. The molecule has 0 aromatic heterocycles. The van der Waals surface area contributed by atoms with Crippen LogP contribution in [0.4, 0.5) is 13.2 Å². The fourth-order valence-electron chi connectivity index (χ4n) is 0.960. The van der Waals surface area contributed by atoms with Gasteiger partial charge in [-0.25, -0.2) is 0 Å². The number of alkyl halides is 3. The van der Waals surface area contributed by atoms with Crippen LogP contribution < -0.4 is 11.1 Å². The van der Waals surface area contributed by atoms with Gasteiger partial charge in [-0.15, -0.1) is 0 Å². The molecule has 0 radical (unpaired) electrons. The molecule has 1 amide bonds. The molecular weight excluding hydrogens is 241 g/mol. The minimum absolute atomic E-state index is 0.0143. The first-order valence-electron chi connectivity index (χ1n) is 4.78. The number of halogens is 3. The van der Waals surface area contributed by atoms with Crippen molar-refractivity contribution in [1.82, 2.24) is 5.32 Å². The molecule has 7 heteroatoms. The Balaban J connectivity index is 4.30. The summed E-state index contributed by atoms with van der Waals surface area (Å²) in [6, 6.07) is 0. The number of thiocarbonyl (C=S) groups is 1. The van der Waals surface area contributed by atoms with Gasteiger partial charge in [-0.1, -0.05) is 19.1 Å². The predicted octanol–water partition coefficient (Wildman–Crippen LogP) is 1.76. The number of hydrogen-bond acceptors (Lipinski definition) is 2. The first-order valence-corrected chi connectivity index (χ1v) is 5.19. The summed E-state index contributed by atoms with van der Waals surface area (Å²) in [5, 5.41) is 2.19. The van der Waals surface area contributed by atoms with E-state index in [9.17, 15) is 18.0 Å². The van der Waals surface area contributed by atoms with Crippen molar-refractivity contribution < 1.29 is 18.0 Å². The van der Waals surface area contributed by atoms with Crippen molar-refractivity contribution in [2.24, 2.45) is 11.1 Å². The number of hydrogen-bond donors (Lipinski definition) is 2. The van der Waals surface area contributed by atoms with Crippen LogP contribution in [0.15, 0.2) is 0 Å². The number of nitrogens with two attached hydrogens (primary N) is 1.